The number of hydrogen-bond acceptors (Lipinski definition) is 2. The Bertz CT molecular complexity index is 442. The Balaban J connectivity index is 1.75. The molecule has 0 bridgehead atoms. The number of hydrogen-bond donors (Lipinski definition) is 1. The number of likely N-dealkylation sites (tertiary alicyclic amines) is 1. The lowest BCUT2D eigenvalue weighted by Gasteiger charge is -2.31. The molecule has 20 heavy (non-hydrogen) atoms. The number of carbonyl (C=O) groups is 1. The van der Waals surface area contributed by atoms with E-state index < -0.39 is 5.97 Å². The minimum Gasteiger partial charge on any atom is -0.481 e. The molecular weight excluding hydrogens is 250 g/mol. The molecule has 3 nitrogen and oxygen atoms in total. The average Bonchev–Trinajstić information content (AvgIpc) is 2.47. The molecule has 1 N–H and O–H groups in total. The molecule has 108 valence electrons. The van der Waals surface area contributed by atoms with E-state index in [0.29, 0.717) is 12.3 Å². The summed E-state index contributed by atoms with van der Waals surface area (Å²) < 4.78 is 0. The van der Waals surface area contributed by atoms with Crippen molar-refractivity contribution in [3.05, 3.63) is 42.0 Å². The zero-order chi connectivity index (χ0) is 14.2. The number of carboxylic acid groups (broad SMARTS) is 1. The van der Waals surface area contributed by atoms with Crippen molar-refractivity contribution in [2.75, 3.05) is 19.6 Å². The Morgan fingerprint density at radius 2 is 2.15 bits per heavy atom. The van der Waals surface area contributed by atoms with E-state index in [1.165, 1.54) is 18.4 Å². The van der Waals surface area contributed by atoms with Gasteiger partial charge in [0.05, 0.1) is 0 Å². The van der Waals surface area contributed by atoms with Crippen molar-refractivity contribution in [3.8, 4) is 0 Å². The Labute approximate surface area is 120 Å². The monoisotopic (exact) mass is 273 g/mol. The van der Waals surface area contributed by atoms with Crippen molar-refractivity contribution in [1.82, 2.24) is 4.90 Å². The molecule has 0 saturated carbocycles. The van der Waals surface area contributed by atoms with Gasteiger partial charge in [-0.15, -0.1) is 0 Å². The Kier molecular flexibility index (Phi) is 5.81. The van der Waals surface area contributed by atoms with E-state index in [1.807, 2.05) is 18.2 Å². The lowest BCUT2D eigenvalue weighted by molar-refractivity contribution is -0.137. The van der Waals surface area contributed by atoms with Gasteiger partial charge in [-0.1, -0.05) is 42.5 Å². The first-order chi connectivity index (χ1) is 9.74. The van der Waals surface area contributed by atoms with Gasteiger partial charge in [0.25, 0.3) is 0 Å². The summed E-state index contributed by atoms with van der Waals surface area (Å²) in [5.41, 5.74) is 1.23. The minimum absolute atomic E-state index is 0.304. The molecule has 0 aromatic heterocycles. The first-order valence-corrected chi connectivity index (χ1v) is 7.40. The van der Waals surface area contributed by atoms with Crippen LogP contribution in [0.2, 0.25) is 0 Å². The Hall–Kier alpha value is -1.61. The van der Waals surface area contributed by atoms with Crippen LogP contribution in [-0.2, 0) is 4.79 Å². The van der Waals surface area contributed by atoms with Crippen LogP contribution < -0.4 is 0 Å². The molecule has 0 radical (unpaired) electrons. The van der Waals surface area contributed by atoms with E-state index in [4.69, 9.17) is 5.11 Å². The molecule has 1 aliphatic heterocycles. The van der Waals surface area contributed by atoms with Gasteiger partial charge in [0, 0.05) is 19.5 Å². The Morgan fingerprint density at radius 1 is 1.35 bits per heavy atom. The van der Waals surface area contributed by atoms with Crippen molar-refractivity contribution >= 4 is 12.0 Å². The summed E-state index contributed by atoms with van der Waals surface area (Å²) in [6.07, 6.45) is 7.83. The van der Waals surface area contributed by atoms with Gasteiger partial charge in [0.15, 0.2) is 0 Å². The number of nitrogens with zero attached hydrogens (tertiary/aromatic N) is 1. The molecule has 1 heterocycles. The highest BCUT2D eigenvalue weighted by Gasteiger charge is 2.19. The van der Waals surface area contributed by atoms with Crippen LogP contribution in [0.15, 0.2) is 36.4 Å². The summed E-state index contributed by atoms with van der Waals surface area (Å²) in [5, 5.41) is 8.75. The fourth-order valence-electron chi connectivity index (χ4n) is 2.78. The fraction of sp³-hybridized carbons (Fsp3) is 0.471. The molecule has 2 rings (SSSR count). The maximum absolute atomic E-state index is 10.6. The van der Waals surface area contributed by atoms with Crippen molar-refractivity contribution in [2.24, 2.45) is 5.92 Å². The van der Waals surface area contributed by atoms with Gasteiger partial charge in [0.1, 0.15) is 0 Å². The minimum atomic E-state index is -0.675. The van der Waals surface area contributed by atoms with Crippen molar-refractivity contribution in [2.45, 2.75) is 25.7 Å². The van der Waals surface area contributed by atoms with Crippen LogP contribution >= 0.6 is 0 Å². The zero-order valence-corrected chi connectivity index (χ0v) is 11.9. The average molecular weight is 273 g/mol. The van der Waals surface area contributed by atoms with Crippen LogP contribution in [0.5, 0.6) is 0 Å². The van der Waals surface area contributed by atoms with Crippen LogP contribution in [0.25, 0.3) is 6.08 Å². The molecule has 1 unspecified atom stereocenters. The highest BCUT2D eigenvalue weighted by Crippen LogP contribution is 2.20. The third kappa shape index (κ3) is 5.17. The molecule has 3 heteroatoms. The number of aliphatic carboxylic acids is 1. The standard InChI is InChI=1S/C17H23NO2/c19-17(20)11-10-16-9-5-13-18(14-16)12-4-8-15-6-2-1-3-7-15/h1-4,6-8,16H,5,9-14H2,(H,19,20). The molecule has 1 atom stereocenters. The van der Waals surface area contributed by atoms with Crippen LogP contribution in [0, 0.1) is 5.92 Å². The first-order valence-electron chi connectivity index (χ1n) is 7.40. The number of rotatable bonds is 6. The summed E-state index contributed by atoms with van der Waals surface area (Å²) in [6.45, 7) is 3.12. The van der Waals surface area contributed by atoms with Crippen molar-refractivity contribution < 1.29 is 9.90 Å². The smallest absolute Gasteiger partial charge is 0.303 e. The maximum atomic E-state index is 10.6. The van der Waals surface area contributed by atoms with Gasteiger partial charge in [-0.3, -0.25) is 9.69 Å². The fourth-order valence-corrected chi connectivity index (χ4v) is 2.78. The van der Waals surface area contributed by atoms with E-state index in [1.54, 1.807) is 0 Å². The maximum Gasteiger partial charge on any atom is 0.303 e. The molecule has 0 amide bonds. The molecular formula is C17H23NO2. The van der Waals surface area contributed by atoms with Gasteiger partial charge < -0.3 is 5.11 Å². The molecule has 1 saturated heterocycles. The lowest BCUT2D eigenvalue weighted by atomic mass is 9.93. The molecule has 1 aliphatic rings. The van der Waals surface area contributed by atoms with E-state index in [2.05, 4.69) is 29.2 Å². The van der Waals surface area contributed by atoms with E-state index >= 15 is 0 Å². The molecule has 1 fully saturated rings. The highest BCUT2D eigenvalue weighted by molar-refractivity contribution is 5.66. The van der Waals surface area contributed by atoms with Gasteiger partial charge in [-0.05, 0) is 37.3 Å². The van der Waals surface area contributed by atoms with Crippen molar-refractivity contribution in [1.29, 1.82) is 0 Å². The quantitative estimate of drug-likeness (QED) is 0.864. The summed E-state index contributed by atoms with van der Waals surface area (Å²) in [6, 6.07) is 10.3. The van der Waals surface area contributed by atoms with Gasteiger partial charge >= 0.3 is 5.97 Å². The normalized spacial score (nSPS) is 20.3. The lowest BCUT2D eigenvalue weighted by Crippen LogP contribution is -2.35. The third-order valence-electron chi connectivity index (χ3n) is 3.84. The summed E-state index contributed by atoms with van der Waals surface area (Å²) >= 11 is 0. The SMILES string of the molecule is O=C(O)CCC1CCCN(CC=Cc2ccccc2)C1. The Morgan fingerprint density at radius 3 is 2.90 bits per heavy atom. The summed E-state index contributed by atoms with van der Waals surface area (Å²) in [4.78, 5) is 13.1. The highest BCUT2D eigenvalue weighted by atomic mass is 16.4. The third-order valence-corrected chi connectivity index (χ3v) is 3.84. The molecule has 1 aromatic rings. The van der Waals surface area contributed by atoms with Crippen LogP contribution in [-0.4, -0.2) is 35.6 Å². The van der Waals surface area contributed by atoms with Gasteiger partial charge in [-0.25, -0.2) is 0 Å². The number of carboxylic acids is 1. The van der Waals surface area contributed by atoms with Crippen molar-refractivity contribution in [3.63, 3.8) is 0 Å². The second-order valence-corrected chi connectivity index (χ2v) is 5.51. The second kappa shape index (κ2) is 7.85. The molecule has 1 aromatic carbocycles. The predicted octanol–water partition coefficient (Wildman–Crippen LogP) is 3.28. The molecule has 0 aliphatic carbocycles. The summed E-state index contributed by atoms with van der Waals surface area (Å²) in [7, 11) is 0. The summed E-state index contributed by atoms with van der Waals surface area (Å²) in [5.74, 6) is -0.129. The second-order valence-electron chi connectivity index (χ2n) is 5.51. The van der Waals surface area contributed by atoms with E-state index in [9.17, 15) is 4.79 Å². The van der Waals surface area contributed by atoms with Crippen LogP contribution in [0.1, 0.15) is 31.2 Å². The van der Waals surface area contributed by atoms with E-state index in [0.717, 1.165) is 26.1 Å². The predicted molar refractivity (Wildman–Crippen MR) is 81.5 cm³/mol. The zero-order valence-electron chi connectivity index (χ0n) is 11.9. The van der Waals surface area contributed by atoms with Gasteiger partial charge in [-0.2, -0.15) is 0 Å². The number of benzene rings is 1. The van der Waals surface area contributed by atoms with E-state index in [-0.39, 0.29) is 0 Å². The largest absolute Gasteiger partial charge is 0.481 e. The number of piperidine rings is 1. The van der Waals surface area contributed by atoms with Crippen LogP contribution in [0.3, 0.4) is 0 Å². The van der Waals surface area contributed by atoms with Gasteiger partial charge in [0.2, 0.25) is 0 Å². The first kappa shape index (κ1) is 14.8. The van der Waals surface area contributed by atoms with Crippen LogP contribution in [0.4, 0.5) is 0 Å². The topological polar surface area (TPSA) is 40.5 Å². The molecule has 0 spiro atoms.